The Morgan fingerprint density at radius 1 is 1.06 bits per heavy atom. The molecule has 0 spiro atoms. The highest BCUT2D eigenvalue weighted by atomic mass is 32.1. The predicted molar refractivity (Wildman–Crippen MR) is 125 cm³/mol. The van der Waals surface area contributed by atoms with E-state index in [1.807, 2.05) is 43.3 Å². The fourth-order valence-corrected chi connectivity index (χ4v) is 4.45. The van der Waals surface area contributed by atoms with Crippen LogP contribution in [0.3, 0.4) is 0 Å². The minimum absolute atomic E-state index is 0.0547. The Kier molecular flexibility index (Phi) is 5.78. The van der Waals surface area contributed by atoms with Crippen molar-refractivity contribution in [3.63, 3.8) is 0 Å². The summed E-state index contributed by atoms with van der Waals surface area (Å²) in [5.74, 6) is 1.55. The molecule has 0 bridgehead atoms. The van der Waals surface area contributed by atoms with Gasteiger partial charge in [0.1, 0.15) is 18.1 Å². The summed E-state index contributed by atoms with van der Waals surface area (Å²) in [6.07, 6.45) is 2.68. The van der Waals surface area contributed by atoms with Gasteiger partial charge in [-0.25, -0.2) is 0 Å². The molecule has 1 aliphatic heterocycles. The zero-order valence-corrected chi connectivity index (χ0v) is 18.6. The number of H-pyrrole nitrogens is 1. The van der Waals surface area contributed by atoms with Crippen molar-refractivity contribution in [2.24, 2.45) is 0 Å². The van der Waals surface area contributed by atoms with Crippen molar-refractivity contribution in [3.05, 3.63) is 74.2 Å². The zero-order valence-electron chi connectivity index (χ0n) is 17.8. The average molecular weight is 439 g/mol. The van der Waals surface area contributed by atoms with Gasteiger partial charge in [-0.3, -0.25) is 9.78 Å². The van der Waals surface area contributed by atoms with E-state index < -0.39 is 0 Å². The molecule has 1 aromatic heterocycles. The molecule has 0 radical (unpaired) electrons. The van der Waals surface area contributed by atoms with Crippen LogP contribution in [0.1, 0.15) is 36.8 Å². The Morgan fingerprint density at radius 3 is 2.48 bits per heavy atom. The highest BCUT2D eigenvalue weighted by Gasteiger charge is 2.25. The summed E-state index contributed by atoms with van der Waals surface area (Å²) in [7, 11) is 0. The van der Waals surface area contributed by atoms with Crippen LogP contribution in [0.25, 0.3) is 5.57 Å². The lowest BCUT2D eigenvalue weighted by molar-refractivity contribution is 0.340. The molecule has 2 heterocycles. The number of rotatable bonds is 7. The number of hydrogen-bond acceptors (Lipinski definition) is 6. The normalized spacial score (nSPS) is 14.4. The summed E-state index contributed by atoms with van der Waals surface area (Å²) < 4.78 is 11.8. The third kappa shape index (κ3) is 4.94. The van der Waals surface area contributed by atoms with Crippen LogP contribution < -0.4 is 19.7 Å². The first-order chi connectivity index (χ1) is 14.8. The Bertz CT molecular complexity index is 1160. The van der Waals surface area contributed by atoms with Crippen LogP contribution in [0.15, 0.2) is 53.3 Å². The van der Waals surface area contributed by atoms with Gasteiger partial charge in [-0.15, -0.1) is 0 Å². The quantitative estimate of drug-likeness (QED) is 0.494. The highest BCUT2D eigenvalue weighted by Crippen LogP contribution is 2.36. The minimum Gasteiger partial charge on any atom is -0.494 e. The Labute approximate surface area is 185 Å². The van der Waals surface area contributed by atoms with E-state index in [4.69, 9.17) is 9.47 Å². The second-order valence-electron chi connectivity index (χ2n) is 8.05. The fourth-order valence-electron chi connectivity index (χ4n) is 3.69. The summed E-state index contributed by atoms with van der Waals surface area (Å²) in [5, 5.41) is 13.3. The van der Waals surface area contributed by atoms with Crippen molar-refractivity contribution >= 4 is 22.6 Å². The summed E-state index contributed by atoms with van der Waals surface area (Å²) >= 11 is 1.02. The summed E-state index contributed by atoms with van der Waals surface area (Å²) in [4.78, 5) is 14.1. The number of ether oxygens (including phenoxy) is 2. The lowest BCUT2D eigenvalue weighted by Crippen LogP contribution is -2.32. The highest BCUT2D eigenvalue weighted by molar-refractivity contribution is 7.09. The smallest absolute Gasteiger partial charge is 0.307 e. The lowest BCUT2D eigenvalue weighted by atomic mass is 9.90. The molecule has 0 amide bonds. The molecule has 0 aliphatic carbocycles. The number of anilines is 1. The molecule has 3 aromatic rings. The van der Waals surface area contributed by atoms with Crippen LogP contribution in [0.4, 0.5) is 5.69 Å². The molecule has 162 valence electrons. The molecule has 0 saturated carbocycles. The van der Waals surface area contributed by atoms with Gasteiger partial charge in [0, 0.05) is 17.7 Å². The first-order valence-corrected chi connectivity index (χ1v) is 11.0. The number of fused-ring (bicyclic) bond motifs is 1. The van der Waals surface area contributed by atoms with Gasteiger partial charge in [0.25, 0.3) is 0 Å². The number of hydrogen-bond donors (Lipinski definition) is 3. The van der Waals surface area contributed by atoms with E-state index in [0.717, 1.165) is 45.2 Å². The molecule has 0 fully saturated rings. The van der Waals surface area contributed by atoms with Gasteiger partial charge in [0.15, 0.2) is 0 Å². The standard InChI is InChI=1S/C24H26N2O4S/c1-4-29-18-9-10-20-19(12-18)16(13-24(2,3)26-20)14-30-17-7-5-15(6-8-17)11-21-22(27)25-23(28)31-21/h5-10,12-13,26-27H,4,11,14H2,1-3H3,(H,25,28). The van der Waals surface area contributed by atoms with Gasteiger partial charge in [0.2, 0.25) is 5.88 Å². The number of thiazole rings is 1. The largest absolute Gasteiger partial charge is 0.494 e. The Hall–Kier alpha value is -3.19. The molecule has 31 heavy (non-hydrogen) atoms. The third-order valence-electron chi connectivity index (χ3n) is 5.02. The van der Waals surface area contributed by atoms with E-state index in [9.17, 15) is 9.90 Å². The summed E-state index contributed by atoms with van der Waals surface area (Å²) in [5.41, 5.74) is 4.07. The van der Waals surface area contributed by atoms with Crippen LogP contribution in [0, 0.1) is 0 Å². The van der Waals surface area contributed by atoms with Gasteiger partial charge in [-0.2, -0.15) is 0 Å². The zero-order chi connectivity index (χ0) is 22.0. The number of aromatic hydroxyl groups is 1. The molecule has 3 N–H and O–H groups in total. The van der Waals surface area contributed by atoms with E-state index in [2.05, 4.69) is 36.3 Å². The van der Waals surface area contributed by atoms with Crippen molar-refractivity contribution in [3.8, 4) is 17.4 Å². The predicted octanol–water partition coefficient (Wildman–Crippen LogP) is 4.80. The molecule has 1 aliphatic rings. The van der Waals surface area contributed by atoms with Gasteiger partial charge in [0.05, 0.1) is 17.0 Å². The van der Waals surface area contributed by atoms with Crippen LogP contribution in [-0.4, -0.2) is 28.8 Å². The van der Waals surface area contributed by atoms with Gasteiger partial charge in [-0.05, 0) is 62.2 Å². The molecule has 0 saturated heterocycles. The fraction of sp³-hybridized carbons (Fsp3) is 0.292. The van der Waals surface area contributed by atoms with Crippen LogP contribution in [0.2, 0.25) is 0 Å². The maximum Gasteiger partial charge on any atom is 0.307 e. The number of nitrogens with one attached hydrogen (secondary N) is 2. The molecule has 6 nitrogen and oxygen atoms in total. The molecular weight excluding hydrogens is 412 g/mol. The maximum atomic E-state index is 11.3. The van der Waals surface area contributed by atoms with Crippen molar-refractivity contribution in [2.45, 2.75) is 32.7 Å². The molecule has 0 unspecified atom stereocenters. The van der Waals surface area contributed by atoms with E-state index in [0.29, 0.717) is 24.5 Å². The Morgan fingerprint density at radius 2 is 1.81 bits per heavy atom. The van der Waals surface area contributed by atoms with E-state index in [1.54, 1.807) is 0 Å². The van der Waals surface area contributed by atoms with Crippen molar-refractivity contribution in [1.29, 1.82) is 0 Å². The topological polar surface area (TPSA) is 83.6 Å². The van der Waals surface area contributed by atoms with Gasteiger partial charge < -0.3 is 19.9 Å². The second-order valence-corrected chi connectivity index (χ2v) is 9.12. The number of benzene rings is 2. The Balaban J connectivity index is 1.48. The van der Waals surface area contributed by atoms with E-state index >= 15 is 0 Å². The van der Waals surface area contributed by atoms with Crippen molar-refractivity contribution in [1.82, 2.24) is 4.98 Å². The summed E-state index contributed by atoms with van der Waals surface area (Å²) in [6, 6.07) is 13.8. The molecule has 0 atom stereocenters. The molecule has 4 rings (SSSR count). The average Bonchev–Trinajstić information content (AvgIpc) is 3.04. The third-order valence-corrected chi connectivity index (χ3v) is 5.89. The van der Waals surface area contributed by atoms with Crippen LogP contribution in [0.5, 0.6) is 17.4 Å². The molecular formula is C24H26N2O4S. The van der Waals surface area contributed by atoms with Crippen LogP contribution >= 0.6 is 11.3 Å². The molecule has 2 aromatic carbocycles. The maximum absolute atomic E-state index is 11.3. The SMILES string of the molecule is CCOc1ccc2c(c1)C(COc1ccc(Cc3sc(=O)[nH]c3O)cc1)=CC(C)(C)N2. The number of aromatic nitrogens is 1. The van der Waals surface area contributed by atoms with E-state index in [-0.39, 0.29) is 16.3 Å². The number of aromatic amines is 1. The van der Waals surface area contributed by atoms with Gasteiger partial charge in [-0.1, -0.05) is 29.5 Å². The van der Waals surface area contributed by atoms with Crippen molar-refractivity contribution < 1.29 is 14.6 Å². The summed E-state index contributed by atoms with van der Waals surface area (Å²) in [6.45, 7) is 7.30. The van der Waals surface area contributed by atoms with Crippen molar-refractivity contribution in [2.75, 3.05) is 18.5 Å². The lowest BCUT2D eigenvalue weighted by Gasteiger charge is -2.32. The molecule has 7 heteroatoms. The minimum atomic E-state index is -0.251. The van der Waals surface area contributed by atoms with Crippen LogP contribution in [-0.2, 0) is 6.42 Å². The first kappa shape index (κ1) is 21.1. The monoisotopic (exact) mass is 438 g/mol. The van der Waals surface area contributed by atoms with Gasteiger partial charge >= 0.3 is 4.87 Å². The van der Waals surface area contributed by atoms with E-state index in [1.165, 1.54) is 0 Å². The first-order valence-electron chi connectivity index (χ1n) is 10.2. The second kappa shape index (κ2) is 8.51.